The maximum atomic E-state index is 6.14. The van der Waals surface area contributed by atoms with Gasteiger partial charge in [-0.2, -0.15) is 0 Å². The zero-order valence-electron chi connectivity index (χ0n) is 12.3. The van der Waals surface area contributed by atoms with Crippen molar-refractivity contribution in [3.63, 3.8) is 0 Å². The topological polar surface area (TPSA) is 69.6 Å². The Kier molecular flexibility index (Phi) is 3.66. The largest absolute Gasteiger partial charge is 0.323 e. The van der Waals surface area contributed by atoms with Crippen LogP contribution in [0, 0.1) is 0 Å². The molecule has 0 fully saturated rings. The highest BCUT2D eigenvalue weighted by Gasteiger charge is 2.18. The number of pyridine rings is 1. The van der Waals surface area contributed by atoms with Crippen LogP contribution in [0.2, 0.25) is 0 Å². The third kappa shape index (κ3) is 2.29. The van der Waals surface area contributed by atoms with Gasteiger partial charge in [-0.3, -0.25) is 4.98 Å². The molecule has 2 N–H and O–H groups in total. The molecule has 108 valence electrons. The molecule has 5 heteroatoms. The predicted molar refractivity (Wildman–Crippen MR) is 83.3 cm³/mol. The van der Waals surface area contributed by atoms with Crippen molar-refractivity contribution < 1.29 is 0 Å². The summed E-state index contributed by atoms with van der Waals surface area (Å²) in [5.41, 5.74) is 9.96. The van der Waals surface area contributed by atoms with E-state index in [9.17, 15) is 0 Å². The highest BCUT2D eigenvalue weighted by Crippen LogP contribution is 2.24. The number of rotatable bonds is 4. The molecule has 0 aliphatic carbocycles. The minimum absolute atomic E-state index is 0.0726. The summed E-state index contributed by atoms with van der Waals surface area (Å²) in [6, 6.07) is 9.99. The molecule has 0 saturated carbocycles. The molecule has 0 saturated heterocycles. The highest BCUT2D eigenvalue weighted by atomic mass is 15.4. The van der Waals surface area contributed by atoms with Crippen LogP contribution < -0.4 is 5.73 Å². The summed E-state index contributed by atoms with van der Waals surface area (Å²) in [7, 11) is 0. The number of aromatic nitrogens is 4. The van der Waals surface area contributed by atoms with Crippen molar-refractivity contribution in [3.8, 4) is 5.69 Å². The Morgan fingerprint density at radius 3 is 2.76 bits per heavy atom. The molecule has 0 aliphatic heterocycles. The van der Waals surface area contributed by atoms with E-state index in [1.54, 1.807) is 6.20 Å². The zero-order chi connectivity index (χ0) is 14.8. The van der Waals surface area contributed by atoms with Gasteiger partial charge in [0.05, 0.1) is 22.9 Å². The smallest absolute Gasteiger partial charge is 0.103 e. The number of hydrogen-bond acceptors (Lipinski definition) is 4. The molecule has 0 amide bonds. The van der Waals surface area contributed by atoms with Gasteiger partial charge >= 0.3 is 0 Å². The predicted octanol–water partition coefficient (Wildman–Crippen LogP) is 2.79. The van der Waals surface area contributed by atoms with Crippen molar-refractivity contribution in [2.45, 2.75) is 32.7 Å². The SMILES string of the molecule is CCc1c(C(N)CC)nnn1-c1cccc2cccnc12. The lowest BCUT2D eigenvalue weighted by Crippen LogP contribution is -2.12. The molecule has 5 nitrogen and oxygen atoms in total. The summed E-state index contributed by atoms with van der Waals surface area (Å²) in [6.07, 6.45) is 3.48. The Balaban J connectivity index is 2.22. The molecule has 2 aromatic heterocycles. The third-order valence-corrected chi connectivity index (χ3v) is 3.76. The van der Waals surface area contributed by atoms with Crippen molar-refractivity contribution in [2.75, 3.05) is 0 Å². The summed E-state index contributed by atoms with van der Waals surface area (Å²) in [5, 5.41) is 9.72. The van der Waals surface area contributed by atoms with E-state index in [0.29, 0.717) is 0 Å². The first-order valence-electron chi connectivity index (χ1n) is 7.30. The second-order valence-corrected chi connectivity index (χ2v) is 5.05. The molecule has 3 rings (SSSR count). The van der Waals surface area contributed by atoms with Crippen LogP contribution in [-0.2, 0) is 6.42 Å². The van der Waals surface area contributed by atoms with E-state index in [4.69, 9.17) is 5.73 Å². The average Bonchev–Trinajstić information content (AvgIpc) is 2.97. The number of nitrogens with two attached hydrogens (primary N) is 1. The summed E-state index contributed by atoms with van der Waals surface area (Å²) >= 11 is 0. The first-order chi connectivity index (χ1) is 10.3. The lowest BCUT2D eigenvalue weighted by molar-refractivity contribution is 0.665. The summed E-state index contributed by atoms with van der Waals surface area (Å²) < 4.78 is 1.88. The summed E-state index contributed by atoms with van der Waals surface area (Å²) in [6.45, 7) is 4.15. The van der Waals surface area contributed by atoms with Crippen LogP contribution in [0.15, 0.2) is 36.5 Å². The minimum Gasteiger partial charge on any atom is -0.323 e. The Bertz CT molecular complexity index is 757. The van der Waals surface area contributed by atoms with Gasteiger partial charge in [0.2, 0.25) is 0 Å². The van der Waals surface area contributed by atoms with Gasteiger partial charge < -0.3 is 5.73 Å². The monoisotopic (exact) mass is 281 g/mol. The van der Waals surface area contributed by atoms with E-state index >= 15 is 0 Å². The van der Waals surface area contributed by atoms with Gasteiger partial charge in [-0.15, -0.1) is 5.10 Å². The van der Waals surface area contributed by atoms with Crippen LogP contribution >= 0.6 is 0 Å². The van der Waals surface area contributed by atoms with Gasteiger partial charge in [0, 0.05) is 11.6 Å². The number of fused-ring (bicyclic) bond motifs is 1. The second-order valence-electron chi connectivity index (χ2n) is 5.05. The number of hydrogen-bond donors (Lipinski definition) is 1. The molecule has 0 radical (unpaired) electrons. The average molecular weight is 281 g/mol. The maximum absolute atomic E-state index is 6.14. The van der Waals surface area contributed by atoms with Crippen LogP contribution in [0.25, 0.3) is 16.6 Å². The quantitative estimate of drug-likeness (QED) is 0.798. The van der Waals surface area contributed by atoms with Gasteiger partial charge in [-0.05, 0) is 25.0 Å². The molecule has 1 unspecified atom stereocenters. The third-order valence-electron chi connectivity index (χ3n) is 3.76. The number of nitrogens with zero attached hydrogens (tertiary/aromatic N) is 4. The standard InChI is InChI=1S/C16H19N5/c1-3-12(17)16-13(4-2)21(20-19-16)14-9-5-7-11-8-6-10-18-15(11)14/h5-10,12H,3-4,17H2,1-2H3. The molecule has 21 heavy (non-hydrogen) atoms. The fraction of sp³-hybridized carbons (Fsp3) is 0.312. The summed E-state index contributed by atoms with van der Waals surface area (Å²) in [4.78, 5) is 4.49. The van der Waals surface area contributed by atoms with Crippen LogP contribution in [0.4, 0.5) is 0 Å². The number of benzene rings is 1. The van der Waals surface area contributed by atoms with E-state index in [2.05, 4.69) is 29.1 Å². The molecule has 1 aromatic carbocycles. The zero-order valence-corrected chi connectivity index (χ0v) is 12.3. The normalized spacial score (nSPS) is 12.7. The first kappa shape index (κ1) is 13.7. The Labute approximate surface area is 123 Å². The van der Waals surface area contributed by atoms with Gasteiger partial charge in [-0.1, -0.05) is 37.3 Å². The van der Waals surface area contributed by atoms with Crippen molar-refractivity contribution >= 4 is 10.9 Å². The second kappa shape index (κ2) is 5.61. The van der Waals surface area contributed by atoms with Crippen LogP contribution in [0.5, 0.6) is 0 Å². The van der Waals surface area contributed by atoms with E-state index in [0.717, 1.165) is 40.8 Å². The minimum atomic E-state index is -0.0726. The molecule has 0 bridgehead atoms. The van der Waals surface area contributed by atoms with Crippen molar-refractivity contribution in [3.05, 3.63) is 47.9 Å². The van der Waals surface area contributed by atoms with Crippen LogP contribution in [0.3, 0.4) is 0 Å². The molecular formula is C16H19N5. The van der Waals surface area contributed by atoms with Crippen LogP contribution in [-0.4, -0.2) is 20.0 Å². The molecule has 1 atom stereocenters. The molecule has 3 aromatic rings. The highest BCUT2D eigenvalue weighted by molar-refractivity contribution is 5.86. The van der Waals surface area contributed by atoms with Crippen molar-refractivity contribution in [2.24, 2.45) is 5.73 Å². The fourth-order valence-corrected chi connectivity index (χ4v) is 2.58. The Morgan fingerprint density at radius 1 is 1.19 bits per heavy atom. The van der Waals surface area contributed by atoms with Crippen LogP contribution in [0.1, 0.15) is 37.7 Å². The van der Waals surface area contributed by atoms with E-state index in [1.807, 2.05) is 35.0 Å². The van der Waals surface area contributed by atoms with E-state index in [-0.39, 0.29) is 6.04 Å². The maximum Gasteiger partial charge on any atom is 0.103 e. The van der Waals surface area contributed by atoms with Gasteiger partial charge in [-0.25, -0.2) is 4.68 Å². The van der Waals surface area contributed by atoms with Gasteiger partial charge in [0.25, 0.3) is 0 Å². The molecule has 2 heterocycles. The lowest BCUT2D eigenvalue weighted by Gasteiger charge is -2.10. The van der Waals surface area contributed by atoms with Gasteiger partial charge in [0.15, 0.2) is 0 Å². The molecule has 0 spiro atoms. The van der Waals surface area contributed by atoms with Gasteiger partial charge in [0.1, 0.15) is 5.69 Å². The molecular weight excluding hydrogens is 262 g/mol. The molecule has 0 aliphatic rings. The lowest BCUT2D eigenvalue weighted by atomic mass is 10.1. The Morgan fingerprint density at radius 2 is 2.00 bits per heavy atom. The van der Waals surface area contributed by atoms with E-state index in [1.165, 1.54) is 0 Å². The summed E-state index contributed by atoms with van der Waals surface area (Å²) in [5.74, 6) is 0. The van der Waals surface area contributed by atoms with E-state index < -0.39 is 0 Å². The van der Waals surface area contributed by atoms with Crippen molar-refractivity contribution in [1.82, 2.24) is 20.0 Å². The van der Waals surface area contributed by atoms with Crippen molar-refractivity contribution in [1.29, 1.82) is 0 Å². The number of para-hydroxylation sites is 1. The first-order valence-corrected chi connectivity index (χ1v) is 7.30. The Hall–Kier alpha value is -2.27. The fourth-order valence-electron chi connectivity index (χ4n) is 2.58.